The first kappa shape index (κ1) is 19.8. The second-order valence-corrected chi connectivity index (χ2v) is 7.59. The van der Waals surface area contributed by atoms with Crippen molar-refractivity contribution in [3.8, 4) is 5.88 Å². The van der Waals surface area contributed by atoms with Crippen LogP contribution in [-0.4, -0.2) is 30.3 Å². The Balaban J connectivity index is 1.49. The van der Waals surface area contributed by atoms with Crippen LogP contribution in [0.5, 0.6) is 5.88 Å². The van der Waals surface area contributed by atoms with Crippen LogP contribution in [0, 0.1) is 0 Å². The van der Waals surface area contributed by atoms with Gasteiger partial charge in [-0.3, -0.25) is 4.79 Å². The number of hydrogen-bond acceptors (Lipinski definition) is 6. The number of thioether (sulfide) groups is 1. The predicted molar refractivity (Wildman–Crippen MR) is 115 cm³/mol. The number of fused-ring (bicyclic) bond motifs is 1. The van der Waals surface area contributed by atoms with Crippen molar-refractivity contribution in [2.75, 3.05) is 0 Å². The van der Waals surface area contributed by atoms with Gasteiger partial charge in [0.15, 0.2) is 10.8 Å². The van der Waals surface area contributed by atoms with Crippen LogP contribution < -0.4 is 0 Å². The molecule has 30 heavy (non-hydrogen) atoms. The maximum absolute atomic E-state index is 12.5. The largest absolute Gasteiger partial charge is 0.493 e. The van der Waals surface area contributed by atoms with Crippen LogP contribution in [0.25, 0.3) is 10.9 Å². The molecule has 0 unspecified atom stereocenters. The third kappa shape index (κ3) is 3.84. The fourth-order valence-corrected chi connectivity index (χ4v) is 3.98. The highest BCUT2D eigenvalue weighted by Crippen LogP contribution is 2.38. The molecule has 9 heteroatoms. The monoisotopic (exact) mass is 420 g/mol. The Hall–Kier alpha value is -3.46. The number of benzene rings is 2. The molecule has 152 valence electrons. The molecule has 0 bridgehead atoms. The summed E-state index contributed by atoms with van der Waals surface area (Å²) in [5.74, 6) is 0.258. The zero-order valence-corrected chi connectivity index (χ0v) is 17.4. The SMILES string of the molecule is CCn1c(O)c(N=NC(=O)c2ccc(CSc3nncn3C)cc2)c2ccccc21. The van der Waals surface area contributed by atoms with Gasteiger partial charge in [-0.2, -0.15) is 0 Å². The molecule has 2 aromatic heterocycles. The second-order valence-electron chi connectivity index (χ2n) is 6.65. The molecule has 2 heterocycles. The molecule has 1 N–H and O–H groups in total. The number of hydrogen-bond donors (Lipinski definition) is 1. The molecule has 4 aromatic rings. The first-order valence-electron chi connectivity index (χ1n) is 9.40. The first-order valence-corrected chi connectivity index (χ1v) is 10.4. The average molecular weight is 420 g/mol. The molecule has 0 aliphatic heterocycles. The molecule has 0 radical (unpaired) electrons. The van der Waals surface area contributed by atoms with E-state index in [4.69, 9.17) is 0 Å². The van der Waals surface area contributed by atoms with E-state index in [0.29, 0.717) is 23.5 Å². The van der Waals surface area contributed by atoms with E-state index in [1.165, 1.54) is 0 Å². The average Bonchev–Trinajstić information content (AvgIpc) is 3.30. The molecule has 1 amide bonds. The standard InChI is InChI=1S/C21H20N6O2S/c1-3-27-17-7-5-4-6-16(17)18(20(27)29)23-24-19(28)15-10-8-14(9-11-15)12-30-21-25-22-13-26(21)2/h4-11,13,29H,3,12H2,1-2H3. The highest BCUT2D eigenvalue weighted by molar-refractivity contribution is 7.98. The van der Waals surface area contributed by atoms with Gasteiger partial charge < -0.3 is 14.2 Å². The van der Waals surface area contributed by atoms with Crippen molar-refractivity contribution in [3.05, 3.63) is 66.0 Å². The zero-order valence-electron chi connectivity index (χ0n) is 16.6. The summed E-state index contributed by atoms with van der Waals surface area (Å²) in [5, 5.41) is 27.8. The minimum Gasteiger partial charge on any atom is -0.493 e. The van der Waals surface area contributed by atoms with Crippen LogP contribution in [0.2, 0.25) is 0 Å². The van der Waals surface area contributed by atoms with E-state index in [1.54, 1.807) is 34.8 Å². The quantitative estimate of drug-likeness (QED) is 0.360. The lowest BCUT2D eigenvalue weighted by Crippen LogP contribution is -1.94. The Morgan fingerprint density at radius 2 is 1.93 bits per heavy atom. The van der Waals surface area contributed by atoms with Gasteiger partial charge in [0.2, 0.25) is 5.88 Å². The summed E-state index contributed by atoms with van der Waals surface area (Å²) in [4.78, 5) is 12.5. The normalized spacial score (nSPS) is 11.5. The van der Waals surface area contributed by atoms with E-state index >= 15 is 0 Å². The minimum atomic E-state index is -0.463. The molecule has 0 saturated heterocycles. The van der Waals surface area contributed by atoms with Crippen molar-refractivity contribution in [2.24, 2.45) is 17.3 Å². The zero-order chi connectivity index (χ0) is 21.1. The van der Waals surface area contributed by atoms with Gasteiger partial charge in [0.05, 0.1) is 5.52 Å². The van der Waals surface area contributed by atoms with Crippen molar-refractivity contribution in [2.45, 2.75) is 24.4 Å². The molecule has 0 spiro atoms. The number of carbonyl (C=O) groups excluding carboxylic acids is 1. The van der Waals surface area contributed by atoms with Crippen molar-refractivity contribution < 1.29 is 9.90 Å². The molecule has 0 aliphatic carbocycles. The Bertz CT molecular complexity index is 1230. The fourth-order valence-electron chi connectivity index (χ4n) is 3.14. The van der Waals surface area contributed by atoms with Gasteiger partial charge in [0.25, 0.3) is 5.91 Å². The Morgan fingerprint density at radius 3 is 2.63 bits per heavy atom. The van der Waals surface area contributed by atoms with Gasteiger partial charge in [0.1, 0.15) is 6.33 Å². The van der Waals surface area contributed by atoms with Crippen molar-refractivity contribution in [1.29, 1.82) is 0 Å². The molecule has 4 rings (SSSR count). The number of amides is 1. The van der Waals surface area contributed by atoms with Gasteiger partial charge in [-0.15, -0.1) is 20.4 Å². The van der Waals surface area contributed by atoms with Gasteiger partial charge in [-0.25, -0.2) is 0 Å². The highest BCUT2D eigenvalue weighted by Gasteiger charge is 2.15. The third-order valence-corrected chi connectivity index (χ3v) is 5.82. The van der Waals surface area contributed by atoms with Crippen LogP contribution >= 0.6 is 11.8 Å². The summed E-state index contributed by atoms with van der Waals surface area (Å²) < 4.78 is 3.59. The third-order valence-electron chi connectivity index (χ3n) is 4.71. The van der Waals surface area contributed by atoms with Gasteiger partial charge in [-0.1, -0.05) is 42.1 Å². The number of rotatable bonds is 6. The Morgan fingerprint density at radius 1 is 1.17 bits per heavy atom. The second kappa shape index (κ2) is 8.50. The Kier molecular flexibility index (Phi) is 5.62. The topological polar surface area (TPSA) is 97.7 Å². The number of aryl methyl sites for hydroxylation is 2. The van der Waals surface area contributed by atoms with E-state index in [9.17, 15) is 9.90 Å². The van der Waals surface area contributed by atoms with E-state index in [0.717, 1.165) is 21.6 Å². The molecule has 8 nitrogen and oxygen atoms in total. The number of azo groups is 1. The maximum atomic E-state index is 12.5. The lowest BCUT2D eigenvalue weighted by atomic mass is 10.1. The number of aromatic hydroxyl groups is 1. The summed E-state index contributed by atoms with van der Waals surface area (Å²) in [6, 6.07) is 14.7. The van der Waals surface area contributed by atoms with Gasteiger partial charge >= 0.3 is 0 Å². The number of carbonyl (C=O) groups is 1. The van der Waals surface area contributed by atoms with Gasteiger partial charge in [-0.05, 0) is 30.7 Å². The molecule has 0 saturated carbocycles. The van der Waals surface area contributed by atoms with E-state index in [1.807, 2.05) is 54.9 Å². The van der Waals surface area contributed by atoms with Crippen LogP contribution in [0.1, 0.15) is 22.8 Å². The van der Waals surface area contributed by atoms with E-state index in [2.05, 4.69) is 20.4 Å². The summed E-state index contributed by atoms with van der Waals surface area (Å²) in [5.41, 5.74) is 2.64. The van der Waals surface area contributed by atoms with Crippen molar-refractivity contribution in [3.63, 3.8) is 0 Å². The molecule has 0 fully saturated rings. The summed E-state index contributed by atoms with van der Waals surface area (Å²) in [6.07, 6.45) is 1.66. The maximum Gasteiger partial charge on any atom is 0.295 e. The minimum absolute atomic E-state index is 0.00592. The molecule has 0 aliphatic rings. The van der Waals surface area contributed by atoms with Gasteiger partial charge in [0, 0.05) is 30.3 Å². The number of aromatic nitrogens is 4. The number of para-hydroxylation sites is 1. The molecule has 2 aromatic carbocycles. The van der Waals surface area contributed by atoms with Crippen molar-refractivity contribution >= 4 is 34.3 Å². The lowest BCUT2D eigenvalue weighted by Gasteiger charge is -2.02. The molecule has 0 atom stereocenters. The lowest BCUT2D eigenvalue weighted by molar-refractivity contribution is 0.0995. The number of nitrogens with zero attached hydrogens (tertiary/aromatic N) is 6. The van der Waals surface area contributed by atoms with E-state index in [-0.39, 0.29) is 5.88 Å². The fraction of sp³-hybridized carbons (Fsp3) is 0.190. The predicted octanol–water partition coefficient (Wildman–Crippen LogP) is 4.71. The summed E-state index contributed by atoms with van der Waals surface area (Å²) in [6.45, 7) is 2.52. The molecular weight excluding hydrogens is 400 g/mol. The summed E-state index contributed by atoms with van der Waals surface area (Å²) in [7, 11) is 1.89. The smallest absolute Gasteiger partial charge is 0.295 e. The van der Waals surface area contributed by atoms with Crippen LogP contribution in [0.3, 0.4) is 0 Å². The van der Waals surface area contributed by atoms with Crippen LogP contribution in [0.4, 0.5) is 5.69 Å². The van der Waals surface area contributed by atoms with Crippen molar-refractivity contribution in [1.82, 2.24) is 19.3 Å². The van der Waals surface area contributed by atoms with Crippen LogP contribution in [0.15, 0.2) is 70.2 Å². The Labute approximate surface area is 177 Å². The van der Waals surface area contributed by atoms with E-state index < -0.39 is 5.91 Å². The highest BCUT2D eigenvalue weighted by atomic mass is 32.2. The van der Waals surface area contributed by atoms with Crippen LogP contribution in [-0.2, 0) is 19.3 Å². The first-order chi connectivity index (χ1) is 14.6. The molecular formula is C21H20N6O2S. The summed E-state index contributed by atoms with van der Waals surface area (Å²) >= 11 is 1.57.